The number of amides is 1. The van der Waals surface area contributed by atoms with Gasteiger partial charge in [0.25, 0.3) is 0 Å². The fraction of sp³-hybridized carbons (Fsp3) is 0.364. The summed E-state index contributed by atoms with van der Waals surface area (Å²) in [7, 11) is -3.59. The van der Waals surface area contributed by atoms with Crippen molar-refractivity contribution >= 4 is 27.3 Å². The molecule has 4 N–H and O–H groups in total. The highest BCUT2D eigenvalue weighted by molar-refractivity contribution is 7.92. The first-order valence-electron chi connectivity index (χ1n) is 5.56. The van der Waals surface area contributed by atoms with Crippen molar-refractivity contribution in [3.05, 3.63) is 24.0 Å². The molecule has 0 saturated heterocycles. The van der Waals surface area contributed by atoms with Crippen LogP contribution in [-0.4, -0.2) is 26.6 Å². The summed E-state index contributed by atoms with van der Waals surface area (Å²) in [5.41, 5.74) is 5.57. The summed E-state index contributed by atoms with van der Waals surface area (Å²) in [6.07, 6.45) is 1.37. The van der Waals surface area contributed by atoms with Crippen LogP contribution in [-0.2, 0) is 14.8 Å². The van der Waals surface area contributed by atoms with Crippen molar-refractivity contribution in [3.63, 3.8) is 0 Å². The fourth-order valence-corrected chi connectivity index (χ4v) is 1.86. The van der Waals surface area contributed by atoms with Crippen molar-refractivity contribution < 1.29 is 17.6 Å². The number of rotatable bonds is 5. The van der Waals surface area contributed by atoms with Crippen molar-refractivity contribution in [2.24, 2.45) is 5.73 Å². The van der Waals surface area contributed by atoms with Gasteiger partial charge < -0.3 is 11.1 Å². The molecule has 0 saturated carbocycles. The van der Waals surface area contributed by atoms with Crippen LogP contribution in [0, 0.1) is 5.82 Å². The number of nitrogens with two attached hydrogens (primary N) is 1. The zero-order valence-corrected chi connectivity index (χ0v) is 11.4. The van der Waals surface area contributed by atoms with Gasteiger partial charge in [0.15, 0.2) is 0 Å². The third-order valence-corrected chi connectivity index (χ3v) is 2.90. The maximum absolute atomic E-state index is 13.4. The molecule has 1 aromatic rings. The lowest BCUT2D eigenvalue weighted by Gasteiger charge is -2.12. The molecule has 19 heavy (non-hydrogen) atoms. The van der Waals surface area contributed by atoms with Crippen LogP contribution in [0.2, 0.25) is 0 Å². The van der Waals surface area contributed by atoms with E-state index >= 15 is 0 Å². The molecule has 0 aromatic heterocycles. The first kappa shape index (κ1) is 15.4. The number of halogens is 1. The summed E-state index contributed by atoms with van der Waals surface area (Å²) >= 11 is 0. The third-order valence-electron chi connectivity index (χ3n) is 2.31. The van der Waals surface area contributed by atoms with E-state index < -0.39 is 27.8 Å². The number of nitrogens with one attached hydrogen (secondary N) is 2. The molecule has 0 bridgehead atoms. The van der Waals surface area contributed by atoms with Gasteiger partial charge in [-0.2, -0.15) is 0 Å². The second-order valence-corrected chi connectivity index (χ2v) is 5.82. The smallest absolute Gasteiger partial charge is 0.241 e. The molecule has 0 fully saturated rings. The van der Waals surface area contributed by atoms with E-state index in [4.69, 9.17) is 5.73 Å². The Hall–Kier alpha value is -1.67. The molecule has 0 heterocycles. The molecule has 0 spiro atoms. The number of carbonyl (C=O) groups is 1. The number of hydrogen-bond donors (Lipinski definition) is 3. The lowest BCUT2D eigenvalue weighted by molar-refractivity contribution is -0.117. The fourth-order valence-electron chi connectivity index (χ4n) is 1.30. The van der Waals surface area contributed by atoms with Crippen LogP contribution in [0.1, 0.15) is 13.3 Å². The number of sulfonamides is 1. The van der Waals surface area contributed by atoms with Crippen molar-refractivity contribution in [2.75, 3.05) is 16.3 Å². The predicted molar refractivity (Wildman–Crippen MR) is 71.8 cm³/mol. The first-order chi connectivity index (χ1) is 8.73. The standard InChI is InChI=1S/C11H16FN3O3S/c1-3-9(13)11(16)14-7-4-5-8(12)10(6-7)15-19(2,17)18/h4-6,9,15H,3,13H2,1-2H3,(H,14,16)/t9-/m0/s1. The van der Waals surface area contributed by atoms with Crippen LogP contribution in [0.25, 0.3) is 0 Å². The number of benzene rings is 1. The quantitative estimate of drug-likeness (QED) is 0.748. The highest BCUT2D eigenvalue weighted by atomic mass is 32.2. The Morgan fingerprint density at radius 1 is 1.47 bits per heavy atom. The lowest BCUT2D eigenvalue weighted by Crippen LogP contribution is -2.34. The molecule has 0 radical (unpaired) electrons. The zero-order chi connectivity index (χ0) is 14.6. The van der Waals surface area contributed by atoms with Crippen molar-refractivity contribution in [3.8, 4) is 0 Å². The first-order valence-corrected chi connectivity index (χ1v) is 7.46. The molecule has 0 unspecified atom stereocenters. The molecule has 6 nitrogen and oxygen atoms in total. The number of anilines is 2. The average Bonchev–Trinajstić information content (AvgIpc) is 2.30. The lowest BCUT2D eigenvalue weighted by atomic mass is 10.2. The molecule has 0 aliphatic heterocycles. The van der Waals surface area contributed by atoms with Crippen LogP contribution < -0.4 is 15.8 Å². The van der Waals surface area contributed by atoms with E-state index in [0.29, 0.717) is 6.42 Å². The van der Waals surface area contributed by atoms with Crippen LogP contribution >= 0.6 is 0 Å². The van der Waals surface area contributed by atoms with Crippen LogP contribution in [0.15, 0.2) is 18.2 Å². The van der Waals surface area contributed by atoms with Gasteiger partial charge in [0.05, 0.1) is 18.0 Å². The molecule has 0 aliphatic rings. The van der Waals surface area contributed by atoms with Gasteiger partial charge in [-0.1, -0.05) is 6.92 Å². The van der Waals surface area contributed by atoms with E-state index in [9.17, 15) is 17.6 Å². The largest absolute Gasteiger partial charge is 0.325 e. The van der Waals surface area contributed by atoms with Gasteiger partial charge in [0, 0.05) is 5.69 Å². The summed E-state index contributed by atoms with van der Waals surface area (Å²) in [5, 5.41) is 2.48. The van der Waals surface area contributed by atoms with Crippen LogP contribution in [0.5, 0.6) is 0 Å². The summed E-state index contributed by atoms with van der Waals surface area (Å²) in [6, 6.07) is 2.90. The van der Waals surface area contributed by atoms with Gasteiger partial charge in [-0.15, -0.1) is 0 Å². The van der Waals surface area contributed by atoms with Crippen LogP contribution in [0.4, 0.5) is 15.8 Å². The summed E-state index contributed by atoms with van der Waals surface area (Å²) in [5.74, 6) is -1.15. The van der Waals surface area contributed by atoms with Gasteiger partial charge in [-0.3, -0.25) is 9.52 Å². The molecular weight excluding hydrogens is 273 g/mol. The monoisotopic (exact) mass is 289 g/mol. The minimum Gasteiger partial charge on any atom is -0.325 e. The maximum Gasteiger partial charge on any atom is 0.241 e. The second-order valence-electron chi connectivity index (χ2n) is 4.07. The predicted octanol–water partition coefficient (Wildman–Crippen LogP) is 0.873. The summed E-state index contributed by atoms with van der Waals surface area (Å²) < 4.78 is 37.5. The summed E-state index contributed by atoms with van der Waals surface area (Å²) in [6.45, 7) is 1.76. The Morgan fingerprint density at radius 2 is 2.11 bits per heavy atom. The molecule has 106 valence electrons. The highest BCUT2D eigenvalue weighted by Gasteiger charge is 2.13. The van der Waals surface area contributed by atoms with Crippen LogP contribution in [0.3, 0.4) is 0 Å². The zero-order valence-electron chi connectivity index (χ0n) is 10.6. The van der Waals surface area contributed by atoms with E-state index in [1.165, 1.54) is 12.1 Å². The SMILES string of the molecule is CC[C@H](N)C(=O)Nc1ccc(F)c(NS(C)(=O)=O)c1. The Labute approximate surface area is 111 Å². The number of carbonyl (C=O) groups excluding carboxylic acids is 1. The van der Waals surface area contributed by atoms with Gasteiger partial charge in [-0.25, -0.2) is 12.8 Å². The van der Waals surface area contributed by atoms with Gasteiger partial charge in [0.1, 0.15) is 5.82 Å². The van der Waals surface area contributed by atoms with E-state index in [1.807, 2.05) is 4.72 Å². The van der Waals surface area contributed by atoms with Gasteiger partial charge >= 0.3 is 0 Å². The minimum absolute atomic E-state index is 0.231. The topological polar surface area (TPSA) is 101 Å². The van der Waals surface area contributed by atoms with E-state index in [-0.39, 0.29) is 11.4 Å². The number of hydrogen-bond acceptors (Lipinski definition) is 4. The third kappa shape index (κ3) is 4.84. The van der Waals surface area contributed by atoms with Gasteiger partial charge in [-0.05, 0) is 24.6 Å². The molecule has 8 heteroatoms. The van der Waals surface area contributed by atoms with Crippen molar-refractivity contribution in [2.45, 2.75) is 19.4 Å². The van der Waals surface area contributed by atoms with Crippen molar-refractivity contribution in [1.29, 1.82) is 0 Å². The Bertz CT molecular complexity index is 575. The molecule has 1 atom stereocenters. The molecule has 1 aromatic carbocycles. The second kappa shape index (κ2) is 5.98. The molecule has 0 aliphatic carbocycles. The van der Waals surface area contributed by atoms with E-state index in [2.05, 4.69) is 5.32 Å². The highest BCUT2D eigenvalue weighted by Crippen LogP contribution is 2.20. The Morgan fingerprint density at radius 3 is 2.63 bits per heavy atom. The molecule has 1 amide bonds. The van der Waals surface area contributed by atoms with E-state index in [1.54, 1.807) is 6.92 Å². The molecule has 1 rings (SSSR count). The Kier molecular flexibility index (Phi) is 4.84. The summed E-state index contributed by atoms with van der Waals surface area (Å²) in [4.78, 5) is 11.6. The average molecular weight is 289 g/mol. The van der Waals surface area contributed by atoms with E-state index in [0.717, 1.165) is 12.3 Å². The maximum atomic E-state index is 13.4. The Balaban J connectivity index is 2.93. The molecular formula is C11H16FN3O3S. The minimum atomic E-state index is -3.59. The normalized spacial score (nSPS) is 12.8. The van der Waals surface area contributed by atoms with Crippen molar-refractivity contribution in [1.82, 2.24) is 0 Å². The van der Waals surface area contributed by atoms with Gasteiger partial charge in [0.2, 0.25) is 15.9 Å².